The molecule has 1 aliphatic rings. The summed E-state index contributed by atoms with van der Waals surface area (Å²) in [5, 5.41) is 18.1. The van der Waals surface area contributed by atoms with E-state index in [9.17, 15) is 9.59 Å². The van der Waals surface area contributed by atoms with Gasteiger partial charge < -0.3 is 20.1 Å². The minimum absolute atomic E-state index is 0.210. The molecule has 0 fully saturated rings. The van der Waals surface area contributed by atoms with Gasteiger partial charge >= 0.3 is 12.0 Å². The molecule has 2 aromatic carbocycles. The van der Waals surface area contributed by atoms with Crippen molar-refractivity contribution in [2.45, 2.75) is 24.7 Å². The average molecular weight is 481 g/mol. The molecule has 0 spiro atoms. The highest BCUT2D eigenvalue weighted by atomic mass is 32.2. The van der Waals surface area contributed by atoms with Crippen molar-refractivity contribution in [1.29, 1.82) is 0 Å². The zero-order valence-corrected chi connectivity index (χ0v) is 19.5. The lowest BCUT2D eigenvalue weighted by Crippen LogP contribution is -2.46. The largest absolute Gasteiger partial charge is 0.497 e. The van der Waals surface area contributed by atoms with Gasteiger partial charge in [-0.3, -0.25) is 0 Å². The van der Waals surface area contributed by atoms with E-state index in [0.29, 0.717) is 28.7 Å². The Balaban J connectivity index is 1.61. The number of hydrogen-bond acceptors (Lipinski definition) is 8. The van der Waals surface area contributed by atoms with E-state index in [1.165, 1.54) is 11.8 Å². The number of benzene rings is 2. The number of urea groups is 1. The van der Waals surface area contributed by atoms with Crippen molar-refractivity contribution in [1.82, 2.24) is 30.8 Å². The Morgan fingerprint density at radius 3 is 2.62 bits per heavy atom. The van der Waals surface area contributed by atoms with Gasteiger partial charge in [0, 0.05) is 11.4 Å². The van der Waals surface area contributed by atoms with Crippen molar-refractivity contribution >= 4 is 23.8 Å². The van der Waals surface area contributed by atoms with E-state index in [1.807, 2.05) is 30.3 Å². The summed E-state index contributed by atoms with van der Waals surface area (Å²) in [5.41, 5.74) is 2.57. The predicted molar refractivity (Wildman–Crippen MR) is 125 cm³/mol. The molecule has 0 bridgehead atoms. The molecule has 1 atom stereocenters. The Morgan fingerprint density at radius 2 is 1.91 bits per heavy atom. The second-order valence-electron chi connectivity index (χ2n) is 7.31. The Morgan fingerprint density at radius 1 is 1.15 bits per heavy atom. The van der Waals surface area contributed by atoms with Gasteiger partial charge in [-0.05, 0) is 40.6 Å². The van der Waals surface area contributed by atoms with E-state index >= 15 is 0 Å². The van der Waals surface area contributed by atoms with Crippen LogP contribution in [0.15, 0.2) is 71.0 Å². The number of esters is 1. The standard InChI is InChI=1S/C23H24N6O4S/c1-3-33-21(30)19-18(24-22(31)25-20(19)16-9-11-17(32-2)12-10-16)14-34-23-26-27-28-29(23)13-15-7-5-4-6-8-15/h4-12,20H,3,13-14H2,1-2H3,(H2,24,25,31). The van der Waals surface area contributed by atoms with Crippen LogP contribution in [0.4, 0.5) is 4.79 Å². The summed E-state index contributed by atoms with van der Waals surface area (Å²) < 4.78 is 12.2. The third-order valence-corrected chi connectivity index (χ3v) is 6.10. The maximum atomic E-state index is 12.9. The van der Waals surface area contributed by atoms with Gasteiger partial charge in [0.05, 0.1) is 31.9 Å². The normalized spacial score (nSPS) is 15.5. The molecule has 1 aromatic heterocycles. The van der Waals surface area contributed by atoms with E-state index in [4.69, 9.17) is 9.47 Å². The monoisotopic (exact) mass is 480 g/mol. The molecular weight excluding hydrogens is 456 g/mol. The molecule has 0 saturated heterocycles. The fourth-order valence-electron chi connectivity index (χ4n) is 3.52. The van der Waals surface area contributed by atoms with Gasteiger partial charge in [0.15, 0.2) is 0 Å². The first-order valence-corrected chi connectivity index (χ1v) is 11.6. The highest BCUT2D eigenvalue weighted by Gasteiger charge is 2.34. The molecular formula is C23H24N6O4S. The Bertz CT molecular complexity index is 1180. The number of rotatable bonds is 9. The van der Waals surface area contributed by atoms with Crippen LogP contribution in [0.1, 0.15) is 24.1 Å². The summed E-state index contributed by atoms with van der Waals surface area (Å²) in [4.78, 5) is 25.4. The summed E-state index contributed by atoms with van der Waals surface area (Å²) in [6.07, 6.45) is 0. The number of nitrogens with one attached hydrogen (secondary N) is 2. The first kappa shape index (κ1) is 23.3. The second kappa shape index (κ2) is 10.8. The fraction of sp³-hybridized carbons (Fsp3) is 0.261. The summed E-state index contributed by atoms with van der Waals surface area (Å²) in [6.45, 7) is 2.45. The van der Waals surface area contributed by atoms with Crippen molar-refractivity contribution in [2.75, 3.05) is 19.5 Å². The van der Waals surface area contributed by atoms with Gasteiger partial charge in [0.25, 0.3) is 0 Å². The number of carbonyl (C=O) groups is 2. The third kappa shape index (κ3) is 5.37. The van der Waals surface area contributed by atoms with Gasteiger partial charge in [-0.15, -0.1) is 5.10 Å². The number of carbonyl (C=O) groups excluding carboxylic acids is 2. The molecule has 4 rings (SSSR count). The first-order chi connectivity index (χ1) is 16.6. The fourth-order valence-corrected chi connectivity index (χ4v) is 4.37. The summed E-state index contributed by atoms with van der Waals surface area (Å²) >= 11 is 1.32. The lowest BCUT2D eigenvalue weighted by Gasteiger charge is -2.29. The molecule has 10 nitrogen and oxygen atoms in total. The van der Waals surface area contributed by atoms with Crippen molar-refractivity contribution in [3.05, 3.63) is 77.0 Å². The number of methoxy groups -OCH3 is 1. The van der Waals surface area contributed by atoms with Crippen LogP contribution >= 0.6 is 11.8 Å². The summed E-state index contributed by atoms with van der Waals surface area (Å²) in [6, 6.07) is 15.9. The van der Waals surface area contributed by atoms with Crippen LogP contribution in [0, 0.1) is 0 Å². The lowest BCUT2D eigenvalue weighted by molar-refractivity contribution is -0.139. The first-order valence-electron chi connectivity index (χ1n) is 10.6. The van der Waals surface area contributed by atoms with Crippen LogP contribution in [0.2, 0.25) is 0 Å². The molecule has 1 unspecified atom stereocenters. The summed E-state index contributed by atoms with van der Waals surface area (Å²) in [5.74, 6) is 0.436. The molecule has 2 N–H and O–H groups in total. The number of nitrogens with zero attached hydrogens (tertiary/aromatic N) is 4. The summed E-state index contributed by atoms with van der Waals surface area (Å²) in [7, 11) is 1.58. The van der Waals surface area contributed by atoms with E-state index in [-0.39, 0.29) is 12.4 Å². The van der Waals surface area contributed by atoms with Gasteiger partial charge in [0.2, 0.25) is 5.16 Å². The van der Waals surface area contributed by atoms with Gasteiger partial charge in [-0.2, -0.15) is 0 Å². The molecule has 2 heterocycles. The number of ether oxygens (including phenoxy) is 2. The predicted octanol–water partition coefficient (Wildman–Crippen LogP) is 2.69. The van der Waals surface area contributed by atoms with Crippen LogP contribution in [0.5, 0.6) is 5.75 Å². The SMILES string of the molecule is CCOC(=O)C1=C(CSc2nnnn2Cc2ccccc2)NC(=O)NC1c1ccc(OC)cc1. The van der Waals surface area contributed by atoms with E-state index in [2.05, 4.69) is 26.2 Å². The molecule has 3 aromatic rings. The number of hydrogen-bond donors (Lipinski definition) is 2. The van der Waals surface area contributed by atoms with Crippen LogP contribution in [-0.2, 0) is 16.1 Å². The topological polar surface area (TPSA) is 120 Å². The second-order valence-corrected chi connectivity index (χ2v) is 8.25. The van der Waals surface area contributed by atoms with Crippen LogP contribution in [0.25, 0.3) is 0 Å². The molecule has 1 aliphatic heterocycles. The molecule has 0 radical (unpaired) electrons. The number of aromatic nitrogens is 4. The molecule has 176 valence electrons. The Hall–Kier alpha value is -3.86. The highest BCUT2D eigenvalue weighted by Crippen LogP contribution is 2.31. The lowest BCUT2D eigenvalue weighted by atomic mass is 9.95. The molecule has 34 heavy (non-hydrogen) atoms. The van der Waals surface area contributed by atoms with Crippen molar-refractivity contribution < 1.29 is 19.1 Å². The molecule has 11 heteroatoms. The molecule has 2 amide bonds. The minimum Gasteiger partial charge on any atom is -0.497 e. The maximum absolute atomic E-state index is 12.9. The molecule has 0 saturated carbocycles. The zero-order chi connectivity index (χ0) is 23.9. The smallest absolute Gasteiger partial charge is 0.338 e. The molecule has 0 aliphatic carbocycles. The van der Waals surface area contributed by atoms with E-state index in [1.54, 1.807) is 43.0 Å². The van der Waals surface area contributed by atoms with Gasteiger partial charge in [0.1, 0.15) is 5.75 Å². The third-order valence-electron chi connectivity index (χ3n) is 5.12. The van der Waals surface area contributed by atoms with E-state index < -0.39 is 18.0 Å². The van der Waals surface area contributed by atoms with Crippen molar-refractivity contribution in [2.24, 2.45) is 0 Å². The minimum atomic E-state index is -0.672. The van der Waals surface area contributed by atoms with Crippen LogP contribution in [-0.4, -0.2) is 51.7 Å². The quantitative estimate of drug-likeness (QED) is 0.354. The zero-order valence-electron chi connectivity index (χ0n) is 18.7. The van der Waals surface area contributed by atoms with E-state index in [0.717, 1.165) is 11.1 Å². The number of amides is 2. The van der Waals surface area contributed by atoms with Crippen molar-refractivity contribution in [3.8, 4) is 5.75 Å². The number of tetrazole rings is 1. The Kier molecular flexibility index (Phi) is 7.43. The van der Waals surface area contributed by atoms with Crippen LogP contribution in [0.3, 0.4) is 0 Å². The van der Waals surface area contributed by atoms with Gasteiger partial charge in [-0.1, -0.05) is 54.2 Å². The highest BCUT2D eigenvalue weighted by molar-refractivity contribution is 7.99. The Labute approximate surface area is 200 Å². The van der Waals surface area contributed by atoms with Gasteiger partial charge in [-0.25, -0.2) is 14.3 Å². The maximum Gasteiger partial charge on any atom is 0.338 e. The van der Waals surface area contributed by atoms with Crippen LogP contribution < -0.4 is 15.4 Å². The average Bonchev–Trinajstić information content (AvgIpc) is 3.30. The van der Waals surface area contributed by atoms with Crippen molar-refractivity contribution in [3.63, 3.8) is 0 Å². The number of thioether (sulfide) groups is 1.